The first-order valence-electron chi connectivity index (χ1n) is 19.6. The average molecular weight is 767 g/mol. The molecule has 2 aliphatic heterocycles. The number of fused-ring (bicyclic) bond motifs is 1. The quantitative estimate of drug-likeness (QED) is 0.120. The number of halogens is 1. The molecule has 300 valence electrons. The molecule has 7 rings (SSSR count). The smallest absolute Gasteiger partial charge is 0.330 e. The van der Waals surface area contributed by atoms with Gasteiger partial charge in [-0.2, -0.15) is 0 Å². The first-order valence-corrected chi connectivity index (χ1v) is 19.6. The van der Waals surface area contributed by atoms with Gasteiger partial charge >= 0.3 is 5.97 Å². The fraction of sp³-hybridized carbons (Fsp3) is 0.610. The van der Waals surface area contributed by atoms with Crippen molar-refractivity contribution in [2.75, 3.05) is 44.9 Å². The van der Waals surface area contributed by atoms with Crippen molar-refractivity contribution in [1.82, 2.24) is 14.5 Å². The maximum Gasteiger partial charge on any atom is 0.330 e. The Labute approximate surface area is 321 Å². The van der Waals surface area contributed by atoms with Gasteiger partial charge in [0.25, 0.3) is 5.56 Å². The number of ether oxygens (including phenoxy) is 5. The largest absolute Gasteiger partial charge is 0.463 e. The fourth-order valence-corrected chi connectivity index (χ4v) is 7.75. The number of aromatic nitrogens is 3. The number of pyridine rings is 3. The van der Waals surface area contributed by atoms with Crippen molar-refractivity contribution in [1.29, 1.82) is 0 Å². The van der Waals surface area contributed by atoms with E-state index in [9.17, 15) is 24.2 Å². The van der Waals surface area contributed by atoms with Crippen molar-refractivity contribution in [2.45, 2.75) is 120 Å². The third-order valence-electron chi connectivity index (χ3n) is 11.2. The van der Waals surface area contributed by atoms with Crippen molar-refractivity contribution in [3.63, 3.8) is 0 Å². The molecule has 55 heavy (non-hydrogen) atoms. The number of hydrogen-bond acceptors (Lipinski definition) is 12. The molecule has 4 aliphatic rings. The Kier molecular flexibility index (Phi) is 13.4. The van der Waals surface area contributed by atoms with E-state index in [2.05, 4.69) is 15.3 Å². The summed E-state index contributed by atoms with van der Waals surface area (Å²) in [6.45, 7) is 7.75. The van der Waals surface area contributed by atoms with Gasteiger partial charge in [-0.25, -0.2) is 9.18 Å². The molecule has 2 aliphatic carbocycles. The lowest BCUT2D eigenvalue weighted by Crippen LogP contribution is -2.44. The Hall–Kier alpha value is -3.79. The van der Waals surface area contributed by atoms with Crippen LogP contribution in [0.1, 0.15) is 95.2 Å². The molecule has 0 amide bonds. The lowest BCUT2D eigenvalue weighted by molar-refractivity contribution is -0.203. The van der Waals surface area contributed by atoms with Gasteiger partial charge in [0.1, 0.15) is 5.82 Å². The Morgan fingerprint density at radius 3 is 2.15 bits per heavy atom. The first-order chi connectivity index (χ1) is 26.4. The second kappa shape index (κ2) is 18.0. The molecule has 5 heterocycles. The van der Waals surface area contributed by atoms with Gasteiger partial charge < -0.3 is 43.8 Å². The number of carbonyl (C=O) groups is 1. The van der Waals surface area contributed by atoms with E-state index in [0.717, 1.165) is 35.6 Å². The molecular weight excluding hydrogens is 711 g/mol. The van der Waals surface area contributed by atoms with Gasteiger partial charge in [0, 0.05) is 63.2 Å². The van der Waals surface area contributed by atoms with Crippen LogP contribution in [0.5, 0.6) is 0 Å². The second-order valence-corrected chi connectivity index (χ2v) is 15.3. The lowest BCUT2D eigenvalue weighted by Gasteiger charge is -2.40. The third kappa shape index (κ3) is 10.7. The number of hydrogen-bond donors (Lipinski definition) is 3. The summed E-state index contributed by atoms with van der Waals surface area (Å²) in [5.74, 6) is -1.93. The molecule has 0 radical (unpaired) electrons. The summed E-state index contributed by atoms with van der Waals surface area (Å²) >= 11 is 0. The van der Waals surface area contributed by atoms with Crippen molar-refractivity contribution in [3.05, 3.63) is 70.2 Å². The van der Waals surface area contributed by atoms with E-state index in [1.165, 1.54) is 18.2 Å². The SMILES string of the molecule is CCCCOC(=O)/C=C/c1ncc(F)cc1NCCC1(O)CCC2(CC1)OCCO2.Cc1cnc2ccc(=O)n(CCC3(O)CCC4(CC3)OCCO4)c2c1. The zero-order chi connectivity index (χ0) is 38.9. The highest BCUT2D eigenvalue weighted by molar-refractivity contribution is 5.87. The van der Waals surface area contributed by atoms with Gasteiger partial charge in [-0.1, -0.05) is 13.3 Å². The molecule has 2 saturated carbocycles. The van der Waals surface area contributed by atoms with E-state index in [4.69, 9.17) is 23.7 Å². The highest BCUT2D eigenvalue weighted by Gasteiger charge is 2.46. The van der Waals surface area contributed by atoms with Crippen LogP contribution in [0, 0.1) is 12.7 Å². The maximum absolute atomic E-state index is 13.7. The van der Waals surface area contributed by atoms with E-state index in [1.807, 2.05) is 19.9 Å². The summed E-state index contributed by atoms with van der Waals surface area (Å²) < 4.78 is 43.4. The van der Waals surface area contributed by atoms with Crippen LogP contribution in [0.4, 0.5) is 10.1 Å². The Morgan fingerprint density at radius 2 is 1.53 bits per heavy atom. The van der Waals surface area contributed by atoms with E-state index in [-0.39, 0.29) is 5.56 Å². The van der Waals surface area contributed by atoms with Crippen LogP contribution in [0.25, 0.3) is 17.1 Å². The summed E-state index contributed by atoms with van der Waals surface area (Å²) in [5.41, 5.74) is 1.89. The number of rotatable bonds is 12. The van der Waals surface area contributed by atoms with Gasteiger partial charge in [0.05, 0.1) is 72.8 Å². The number of nitrogens with one attached hydrogen (secondary N) is 1. The minimum Gasteiger partial charge on any atom is -0.463 e. The van der Waals surface area contributed by atoms with Crippen LogP contribution in [-0.4, -0.2) is 93.1 Å². The molecule has 2 saturated heterocycles. The molecule has 14 heteroatoms. The molecule has 2 spiro atoms. The Balaban J connectivity index is 0.000000190. The summed E-state index contributed by atoms with van der Waals surface area (Å²) in [6.07, 6.45) is 13.7. The highest BCUT2D eigenvalue weighted by Crippen LogP contribution is 2.43. The second-order valence-electron chi connectivity index (χ2n) is 15.3. The van der Waals surface area contributed by atoms with Crippen LogP contribution in [0.3, 0.4) is 0 Å². The summed E-state index contributed by atoms with van der Waals surface area (Å²) in [7, 11) is 0. The van der Waals surface area contributed by atoms with Crippen LogP contribution >= 0.6 is 0 Å². The Morgan fingerprint density at radius 1 is 0.909 bits per heavy atom. The van der Waals surface area contributed by atoms with Crippen LogP contribution < -0.4 is 10.9 Å². The fourth-order valence-electron chi connectivity index (χ4n) is 7.75. The number of nitrogens with zero attached hydrogens (tertiary/aromatic N) is 3. The molecule has 0 unspecified atom stereocenters. The van der Waals surface area contributed by atoms with E-state index >= 15 is 0 Å². The molecule has 4 fully saturated rings. The van der Waals surface area contributed by atoms with Gasteiger partial charge in [0.15, 0.2) is 11.6 Å². The predicted molar refractivity (Wildman–Crippen MR) is 204 cm³/mol. The van der Waals surface area contributed by atoms with Gasteiger partial charge in [-0.3, -0.25) is 14.8 Å². The minimum atomic E-state index is -0.812. The van der Waals surface area contributed by atoms with Gasteiger partial charge in [-0.15, -0.1) is 0 Å². The number of esters is 1. The zero-order valence-electron chi connectivity index (χ0n) is 32.0. The van der Waals surface area contributed by atoms with Crippen molar-refractivity contribution in [3.8, 4) is 0 Å². The van der Waals surface area contributed by atoms with E-state index < -0.39 is 34.6 Å². The third-order valence-corrected chi connectivity index (χ3v) is 11.2. The summed E-state index contributed by atoms with van der Waals surface area (Å²) in [5, 5.41) is 25.0. The minimum absolute atomic E-state index is 0.0572. The topological polar surface area (TPSA) is 163 Å². The monoisotopic (exact) mass is 766 g/mol. The summed E-state index contributed by atoms with van der Waals surface area (Å²) in [4.78, 5) is 32.5. The molecule has 0 aromatic carbocycles. The summed E-state index contributed by atoms with van der Waals surface area (Å²) in [6, 6.07) is 6.60. The molecule has 0 atom stereocenters. The molecule has 3 aromatic heterocycles. The highest BCUT2D eigenvalue weighted by atomic mass is 19.1. The number of aliphatic hydroxyl groups is 2. The average Bonchev–Trinajstić information content (AvgIpc) is 3.85. The molecule has 3 aromatic rings. The number of unbranched alkanes of at least 4 members (excludes halogenated alkanes) is 1. The van der Waals surface area contributed by atoms with Crippen LogP contribution in [-0.2, 0) is 35.0 Å². The maximum atomic E-state index is 13.7. The molecule has 0 bridgehead atoms. The molecular formula is C41H55FN4O9. The Bertz CT molecular complexity index is 1830. The van der Waals surface area contributed by atoms with Crippen molar-refractivity contribution < 1.29 is 43.1 Å². The van der Waals surface area contributed by atoms with Gasteiger partial charge in [0.2, 0.25) is 0 Å². The normalized spacial score (nSPS) is 22.6. The number of aryl methyl sites for hydroxylation is 2. The van der Waals surface area contributed by atoms with E-state index in [0.29, 0.717) is 122 Å². The van der Waals surface area contributed by atoms with Crippen LogP contribution in [0.15, 0.2) is 47.5 Å². The molecule has 13 nitrogen and oxygen atoms in total. The zero-order valence-corrected chi connectivity index (χ0v) is 32.0. The standard InChI is InChI=1S/C22H31FN2O5.C19H24N2O4/c1-2-3-12-28-20(26)5-4-18-19(15-17(23)16-25-18)24-11-10-21(27)6-8-22(9-7-21)29-13-14-30-22;1-14-12-16-15(20-13-14)2-3-17(22)21(16)9-8-18(23)4-6-19(7-5-18)24-10-11-25-19/h4-5,15-16,24,27H,2-3,6-14H2,1H3;2-3,12-13,23H,4-11H2,1H3/b5-4+;. The van der Waals surface area contributed by atoms with Crippen molar-refractivity contribution >= 4 is 28.8 Å². The predicted octanol–water partition coefficient (Wildman–Crippen LogP) is 5.57. The number of anilines is 1. The number of carbonyl (C=O) groups excluding carboxylic acids is 1. The lowest BCUT2D eigenvalue weighted by atomic mass is 9.79. The molecule has 3 N–H and O–H groups in total. The first kappa shape index (κ1) is 40.9. The van der Waals surface area contributed by atoms with Crippen molar-refractivity contribution in [2.24, 2.45) is 0 Å². The van der Waals surface area contributed by atoms with Crippen LogP contribution in [0.2, 0.25) is 0 Å². The van der Waals surface area contributed by atoms with Gasteiger partial charge in [-0.05, 0) is 75.6 Å². The van der Waals surface area contributed by atoms with E-state index in [1.54, 1.807) is 22.9 Å².